The van der Waals surface area contributed by atoms with E-state index in [9.17, 15) is 18.0 Å². The molecule has 0 aliphatic rings. The third-order valence-corrected chi connectivity index (χ3v) is 5.58. The van der Waals surface area contributed by atoms with Crippen LogP contribution in [0.25, 0.3) is 0 Å². The maximum Gasteiger partial charge on any atom is 0.330 e. The van der Waals surface area contributed by atoms with Gasteiger partial charge in [-0.3, -0.25) is 9.36 Å². The molecule has 2 aromatic heterocycles. The summed E-state index contributed by atoms with van der Waals surface area (Å²) in [5, 5.41) is 1.84. The Labute approximate surface area is 125 Å². The van der Waals surface area contributed by atoms with Crippen LogP contribution in [0.4, 0.5) is 0 Å². The van der Waals surface area contributed by atoms with Gasteiger partial charge in [0.2, 0.25) is 10.0 Å². The normalized spacial score (nSPS) is 13.3. The summed E-state index contributed by atoms with van der Waals surface area (Å²) in [6.07, 6.45) is 1.04. The number of aryl methyl sites for hydroxylation is 1. The van der Waals surface area contributed by atoms with E-state index in [1.807, 2.05) is 11.4 Å². The molecule has 0 aromatic carbocycles. The fourth-order valence-corrected chi connectivity index (χ4v) is 4.04. The van der Waals surface area contributed by atoms with Crippen molar-refractivity contribution in [3.8, 4) is 0 Å². The Bertz CT molecular complexity index is 863. The molecular formula is C12H15N3O4S2. The average molecular weight is 329 g/mol. The number of hydrogen-bond donors (Lipinski definition) is 1. The van der Waals surface area contributed by atoms with E-state index in [1.54, 1.807) is 13.0 Å². The molecule has 0 aliphatic heterocycles. The Balaban J connectivity index is 2.46. The molecule has 0 aliphatic carbocycles. The minimum atomic E-state index is -4.01. The number of thiophene rings is 1. The molecule has 1 atom stereocenters. The van der Waals surface area contributed by atoms with Crippen molar-refractivity contribution in [1.82, 2.24) is 13.9 Å². The van der Waals surface area contributed by atoms with Gasteiger partial charge in [0.1, 0.15) is 0 Å². The molecule has 0 saturated heterocycles. The highest BCUT2D eigenvalue weighted by Gasteiger charge is 2.24. The van der Waals surface area contributed by atoms with E-state index < -0.39 is 32.2 Å². The molecule has 0 saturated carbocycles. The Hall–Kier alpha value is -1.71. The first-order chi connectivity index (χ1) is 9.74. The molecule has 1 unspecified atom stereocenters. The third kappa shape index (κ3) is 2.99. The van der Waals surface area contributed by atoms with Crippen LogP contribution in [0.3, 0.4) is 0 Å². The number of aromatic nitrogens is 2. The lowest BCUT2D eigenvalue weighted by molar-refractivity contribution is 0.559. The summed E-state index contributed by atoms with van der Waals surface area (Å²) in [6, 6.07) is 3.16. The third-order valence-electron chi connectivity index (χ3n) is 3.01. The molecule has 0 amide bonds. The van der Waals surface area contributed by atoms with Crippen LogP contribution in [0, 0.1) is 0 Å². The van der Waals surface area contributed by atoms with Crippen LogP contribution in [-0.4, -0.2) is 17.6 Å². The summed E-state index contributed by atoms with van der Waals surface area (Å²) in [5.41, 5.74) is -1.42. The van der Waals surface area contributed by atoms with E-state index in [2.05, 4.69) is 4.72 Å². The molecule has 21 heavy (non-hydrogen) atoms. The second-order valence-corrected chi connectivity index (χ2v) is 7.27. The first-order valence-corrected chi connectivity index (χ1v) is 8.42. The van der Waals surface area contributed by atoms with Gasteiger partial charge in [-0.05, 0) is 18.4 Å². The van der Waals surface area contributed by atoms with Gasteiger partial charge in [-0.1, -0.05) is 6.07 Å². The molecule has 2 rings (SSSR count). The molecule has 0 radical (unpaired) electrons. The highest BCUT2D eigenvalue weighted by atomic mass is 32.2. The Morgan fingerprint density at radius 2 is 1.95 bits per heavy atom. The smallest absolute Gasteiger partial charge is 0.302 e. The Morgan fingerprint density at radius 1 is 1.29 bits per heavy atom. The largest absolute Gasteiger partial charge is 0.330 e. The van der Waals surface area contributed by atoms with Crippen molar-refractivity contribution >= 4 is 21.4 Å². The van der Waals surface area contributed by atoms with E-state index in [1.165, 1.54) is 25.4 Å². The maximum absolute atomic E-state index is 12.3. The highest BCUT2D eigenvalue weighted by Crippen LogP contribution is 2.19. The van der Waals surface area contributed by atoms with Crippen LogP contribution in [0.2, 0.25) is 0 Å². The number of hydrogen-bond acceptors (Lipinski definition) is 5. The van der Waals surface area contributed by atoms with Crippen molar-refractivity contribution < 1.29 is 8.42 Å². The zero-order valence-electron chi connectivity index (χ0n) is 11.7. The number of nitrogens with zero attached hydrogens (tertiary/aromatic N) is 2. The predicted octanol–water partition coefficient (Wildman–Crippen LogP) is 0.185. The van der Waals surface area contributed by atoms with E-state index in [0.717, 1.165) is 20.2 Å². The van der Waals surface area contributed by atoms with Gasteiger partial charge in [-0.25, -0.2) is 17.9 Å². The molecule has 9 heteroatoms. The minimum Gasteiger partial charge on any atom is -0.302 e. The maximum atomic E-state index is 12.3. The van der Waals surface area contributed by atoms with Gasteiger partial charge in [0.05, 0.1) is 6.04 Å². The summed E-state index contributed by atoms with van der Waals surface area (Å²) in [5.74, 6) is 0. The molecule has 7 nitrogen and oxygen atoms in total. The van der Waals surface area contributed by atoms with Crippen molar-refractivity contribution in [3.63, 3.8) is 0 Å². The number of nitrogens with one attached hydrogen (secondary N) is 1. The second-order valence-electron chi connectivity index (χ2n) is 4.61. The molecule has 1 N–H and O–H groups in total. The summed E-state index contributed by atoms with van der Waals surface area (Å²) in [6.45, 7) is 1.69. The van der Waals surface area contributed by atoms with E-state index in [-0.39, 0.29) is 0 Å². The van der Waals surface area contributed by atoms with Gasteiger partial charge < -0.3 is 4.57 Å². The van der Waals surface area contributed by atoms with Crippen LogP contribution < -0.4 is 16.0 Å². The van der Waals surface area contributed by atoms with Gasteiger partial charge in [0.15, 0.2) is 4.90 Å². The summed E-state index contributed by atoms with van der Waals surface area (Å²) in [7, 11) is -1.38. The van der Waals surface area contributed by atoms with Crippen LogP contribution in [0.5, 0.6) is 0 Å². The highest BCUT2D eigenvalue weighted by molar-refractivity contribution is 7.89. The lowest BCUT2D eigenvalue weighted by Crippen LogP contribution is -2.41. The Morgan fingerprint density at radius 3 is 2.52 bits per heavy atom. The predicted molar refractivity (Wildman–Crippen MR) is 80.0 cm³/mol. The van der Waals surface area contributed by atoms with Crippen LogP contribution in [0.15, 0.2) is 38.2 Å². The van der Waals surface area contributed by atoms with Crippen molar-refractivity contribution in [1.29, 1.82) is 0 Å². The first-order valence-electron chi connectivity index (χ1n) is 6.06. The van der Waals surface area contributed by atoms with Gasteiger partial charge in [-0.15, -0.1) is 11.3 Å². The standard InChI is InChI=1S/C12H15N3O4S2/c1-8(9-5-4-6-20-9)13-21(18,19)10-7-14(2)12(17)15(3)11(10)16/h4-8,13H,1-3H3. The molecule has 0 spiro atoms. The van der Waals surface area contributed by atoms with Crippen LogP contribution >= 0.6 is 11.3 Å². The summed E-state index contributed by atoms with van der Waals surface area (Å²) in [4.78, 5) is 24.0. The Kier molecular flexibility index (Phi) is 4.17. The quantitative estimate of drug-likeness (QED) is 0.867. The van der Waals surface area contributed by atoms with Crippen molar-refractivity contribution in [2.75, 3.05) is 0 Å². The fourth-order valence-electron chi connectivity index (χ4n) is 1.85. The lowest BCUT2D eigenvalue weighted by Gasteiger charge is -2.13. The summed E-state index contributed by atoms with van der Waals surface area (Å²) < 4.78 is 29.0. The van der Waals surface area contributed by atoms with Crippen molar-refractivity contribution in [2.45, 2.75) is 17.9 Å². The van der Waals surface area contributed by atoms with Crippen molar-refractivity contribution in [2.24, 2.45) is 14.1 Å². The van der Waals surface area contributed by atoms with E-state index in [0.29, 0.717) is 0 Å². The zero-order chi connectivity index (χ0) is 15.8. The monoisotopic (exact) mass is 329 g/mol. The van der Waals surface area contributed by atoms with Gasteiger partial charge in [0, 0.05) is 25.2 Å². The van der Waals surface area contributed by atoms with E-state index in [4.69, 9.17) is 0 Å². The molecule has 2 aromatic rings. The average Bonchev–Trinajstić information content (AvgIpc) is 2.94. The first kappa shape index (κ1) is 15.7. The minimum absolute atomic E-state index is 0.449. The van der Waals surface area contributed by atoms with Gasteiger partial charge in [0.25, 0.3) is 5.56 Å². The van der Waals surface area contributed by atoms with Gasteiger partial charge in [-0.2, -0.15) is 0 Å². The molecular weight excluding hydrogens is 314 g/mol. The zero-order valence-corrected chi connectivity index (χ0v) is 13.4. The van der Waals surface area contributed by atoms with Crippen LogP contribution in [0.1, 0.15) is 17.8 Å². The topological polar surface area (TPSA) is 90.2 Å². The fraction of sp³-hybridized carbons (Fsp3) is 0.333. The number of rotatable bonds is 4. The summed E-state index contributed by atoms with van der Waals surface area (Å²) >= 11 is 1.41. The molecule has 0 bridgehead atoms. The van der Waals surface area contributed by atoms with Crippen molar-refractivity contribution in [3.05, 3.63) is 49.4 Å². The van der Waals surface area contributed by atoms with Gasteiger partial charge >= 0.3 is 5.69 Å². The van der Waals surface area contributed by atoms with Crippen LogP contribution in [-0.2, 0) is 24.1 Å². The molecule has 2 heterocycles. The molecule has 114 valence electrons. The lowest BCUT2D eigenvalue weighted by atomic mass is 10.3. The SMILES string of the molecule is CC(NS(=O)(=O)c1cn(C)c(=O)n(C)c1=O)c1cccs1. The number of sulfonamides is 1. The molecule has 0 fully saturated rings. The second kappa shape index (κ2) is 5.58. The van der Waals surface area contributed by atoms with E-state index >= 15 is 0 Å².